The molecule has 0 saturated carbocycles. The summed E-state index contributed by atoms with van der Waals surface area (Å²) in [7, 11) is -3.01. The van der Waals surface area contributed by atoms with Gasteiger partial charge in [-0.05, 0) is 24.3 Å². The predicted molar refractivity (Wildman–Crippen MR) is 149 cm³/mol. The van der Waals surface area contributed by atoms with E-state index < -0.39 is 7.14 Å². The van der Waals surface area contributed by atoms with E-state index in [9.17, 15) is 0 Å². The lowest BCUT2D eigenvalue weighted by Crippen LogP contribution is -2.30. The number of para-hydroxylation sites is 1. The highest BCUT2D eigenvalue weighted by molar-refractivity contribution is 7.79. The molecule has 3 heterocycles. The van der Waals surface area contributed by atoms with Crippen LogP contribution in [0.1, 0.15) is 24.2 Å². The molecule has 0 bridgehead atoms. The Bertz CT molecular complexity index is 1800. The van der Waals surface area contributed by atoms with E-state index in [1.165, 1.54) is 0 Å². The van der Waals surface area contributed by atoms with Gasteiger partial charge in [0.15, 0.2) is 0 Å². The Labute approximate surface area is 209 Å². The minimum atomic E-state index is -3.01. The Morgan fingerprint density at radius 2 is 1.42 bits per heavy atom. The summed E-state index contributed by atoms with van der Waals surface area (Å²) in [5.74, 6) is -0.0243. The number of fused-ring (bicyclic) bond motifs is 8. The third kappa shape index (κ3) is 2.91. The van der Waals surface area contributed by atoms with Crippen LogP contribution in [0.5, 0.6) is 0 Å². The van der Waals surface area contributed by atoms with E-state index in [1.807, 2.05) is 72.9 Å². The summed E-state index contributed by atoms with van der Waals surface area (Å²) in [5.41, 5.74) is 4.77. The van der Waals surface area contributed by atoms with Crippen molar-refractivity contribution >= 4 is 51.3 Å². The average Bonchev–Trinajstić information content (AvgIpc) is 3.35. The van der Waals surface area contributed by atoms with Crippen molar-refractivity contribution < 1.29 is 4.57 Å². The fourth-order valence-electron chi connectivity index (χ4n) is 5.85. The summed E-state index contributed by atoms with van der Waals surface area (Å²) >= 11 is 0. The molecule has 36 heavy (non-hydrogen) atoms. The third-order valence-corrected chi connectivity index (χ3v) is 11.1. The molecule has 2 unspecified atom stereocenters. The first-order valence-corrected chi connectivity index (χ1v) is 14.0. The molecule has 0 fully saturated rings. The number of benzene rings is 3. The number of imidazole rings is 1. The molecule has 0 spiro atoms. The molecule has 3 aromatic heterocycles. The Kier molecular flexibility index (Phi) is 4.74. The van der Waals surface area contributed by atoms with Crippen molar-refractivity contribution in [1.29, 1.82) is 0 Å². The summed E-state index contributed by atoms with van der Waals surface area (Å²) in [6.07, 6.45) is 6.04. The molecule has 0 radical (unpaired) electrons. The van der Waals surface area contributed by atoms with Gasteiger partial charge >= 0.3 is 0 Å². The van der Waals surface area contributed by atoms with E-state index in [4.69, 9.17) is 9.97 Å². The summed E-state index contributed by atoms with van der Waals surface area (Å²) in [4.78, 5) is 9.79. The van der Waals surface area contributed by atoms with Crippen molar-refractivity contribution in [3.63, 3.8) is 0 Å². The molecule has 0 N–H and O–H groups in total. The van der Waals surface area contributed by atoms with E-state index in [0.717, 1.165) is 49.4 Å². The van der Waals surface area contributed by atoms with Gasteiger partial charge in [0.2, 0.25) is 0 Å². The van der Waals surface area contributed by atoms with E-state index >= 15 is 4.57 Å². The first kappa shape index (κ1) is 21.3. The Hall–Kier alpha value is -4.01. The largest absolute Gasteiger partial charge is 0.313 e. The molecule has 174 valence electrons. The van der Waals surface area contributed by atoms with Crippen LogP contribution in [-0.2, 0) is 4.57 Å². The molecule has 0 aliphatic heterocycles. The molecule has 1 aliphatic rings. The Morgan fingerprint density at radius 1 is 0.778 bits per heavy atom. The van der Waals surface area contributed by atoms with Crippen LogP contribution < -0.4 is 10.6 Å². The standard InChI is InChI=1S/C31H24N3OP/c1-21-28(36(35,22-11-4-2-5-12-22)23-13-6-3-7-14-23)19-18-26-30(21)34-27-17-9-8-15-24(27)29-25(31(34)33-26)16-10-20-32-29/h2-21,28H,1H3. The first-order chi connectivity index (χ1) is 17.7. The van der Waals surface area contributed by atoms with Gasteiger partial charge in [-0.15, -0.1) is 0 Å². The van der Waals surface area contributed by atoms with E-state index in [1.54, 1.807) is 0 Å². The maximum atomic E-state index is 15.2. The van der Waals surface area contributed by atoms with Gasteiger partial charge in [0.1, 0.15) is 12.8 Å². The van der Waals surface area contributed by atoms with Crippen LogP contribution in [0.25, 0.3) is 33.5 Å². The van der Waals surface area contributed by atoms with Crippen molar-refractivity contribution in [2.45, 2.75) is 18.5 Å². The van der Waals surface area contributed by atoms with Crippen molar-refractivity contribution in [3.8, 4) is 0 Å². The molecule has 2 atom stereocenters. The van der Waals surface area contributed by atoms with Crippen LogP contribution in [0.3, 0.4) is 0 Å². The summed E-state index contributed by atoms with van der Waals surface area (Å²) < 4.78 is 17.5. The first-order valence-electron chi connectivity index (χ1n) is 12.2. The van der Waals surface area contributed by atoms with Crippen LogP contribution in [0.2, 0.25) is 0 Å². The van der Waals surface area contributed by atoms with Crippen molar-refractivity contribution in [1.82, 2.24) is 14.4 Å². The van der Waals surface area contributed by atoms with Crippen LogP contribution in [-0.4, -0.2) is 20.0 Å². The van der Waals surface area contributed by atoms with Gasteiger partial charge in [0.25, 0.3) is 0 Å². The van der Waals surface area contributed by atoms with Crippen LogP contribution in [0.15, 0.2) is 109 Å². The lowest BCUT2D eigenvalue weighted by Gasteiger charge is -2.33. The number of allylic oxidation sites excluding steroid dienone is 1. The lowest BCUT2D eigenvalue weighted by molar-refractivity contribution is 0.574. The lowest BCUT2D eigenvalue weighted by atomic mass is 9.96. The highest BCUT2D eigenvalue weighted by Gasteiger charge is 2.42. The normalized spacial score (nSPS) is 17.6. The van der Waals surface area contributed by atoms with Gasteiger partial charge in [-0.25, -0.2) is 4.98 Å². The molecule has 5 heteroatoms. The number of pyridine rings is 2. The molecule has 7 rings (SSSR count). The maximum absolute atomic E-state index is 15.2. The topological polar surface area (TPSA) is 47.3 Å². The zero-order valence-electron chi connectivity index (χ0n) is 19.8. The fourth-order valence-corrected chi connectivity index (χ4v) is 9.17. The molecule has 4 nitrogen and oxygen atoms in total. The minimum Gasteiger partial charge on any atom is -0.313 e. The van der Waals surface area contributed by atoms with Crippen molar-refractivity contribution in [3.05, 3.63) is 121 Å². The van der Waals surface area contributed by atoms with E-state index in [2.05, 4.69) is 53.8 Å². The van der Waals surface area contributed by atoms with Crippen molar-refractivity contribution in [2.75, 3.05) is 0 Å². The predicted octanol–water partition coefficient (Wildman–Crippen LogP) is 6.55. The van der Waals surface area contributed by atoms with Gasteiger partial charge in [-0.3, -0.25) is 9.38 Å². The second-order valence-corrected chi connectivity index (χ2v) is 12.4. The van der Waals surface area contributed by atoms with Crippen LogP contribution in [0, 0.1) is 0 Å². The van der Waals surface area contributed by atoms with Gasteiger partial charge in [0.05, 0.1) is 22.4 Å². The molecule has 1 aliphatic carbocycles. The van der Waals surface area contributed by atoms with Crippen LogP contribution >= 0.6 is 7.14 Å². The SMILES string of the molecule is CC1c2c(nc3c4cccnc4c4ccccc4n23)C=CC1P(=O)(c1ccccc1)c1ccccc1. The smallest absolute Gasteiger partial charge is 0.150 e. The van der Waals surface area contributed by atoms with Crippen molar-refractivity contribution in [2.24, 2.45) is 0 Å². The zero-order valence-corrected chi connectivity index (χ0v) is 20.7. The fraction of sp³-hybridized carbons (Fsp3) is 0.0968. The number of aromatic nitrogens is 3. The molecule has 6 aromatic rings. The highest BCUT2D eigenvalue weighted by atomic mass is 31.2. The zero-order chi connectivity index (χ0) is 24.3. The third-order valence-electron chi connectivity index (χ3n) is 7.48. The Balaban J connectivity index is 1.52. The van der Waals surface area contributed by atoms with Crippen LogP contribution in [0.4, 0.5) is 0 Å². The second-order valence-electron chi connectivity index (χ2n) is 9.43. The number of hydrogen-bond donors (Lipinski definition) is 0. The number of rotatable bonds is 3. The van der Waals surface area contributed by atoms with Gasteiger partial charge in [0, 0.05) is 39.2 Å². The highest BCUT2D eigenvalue weighted by Crippen LogP contribution is 2.56. The quantitative estimate of drug-likeness (QED) is 0.211. The van der Waals surface area contributed by atoms with Gasteiger partial charge in [-0.1, -0.05) is 91.9 Å². The maximum Gasteiger partial charge on any atom is 0.150 e. The summed E-state index contributed by atoms with van der Waals surface area (Å²) in [6.45, 7) is 2.20. The van der Waals surface area contributed by atoms with E-state index in [0.29, 0.717) is 0 Å². The van der Waals surface area contributed by atoms with Gasteiger partial charge in [-0.2, -0.15) is 0 Å². The Morgan fingerprint density at radius 3 is 2.14 bits per heavy atom. The molecular formula is C31H24N3OP. The molecule has 0 amide bonds. The summed E-state index contributed by atoms with van der Waals surface area (Å²) in [6, 6.07) is 32.3. The monoisotopic (exact) mass is 485 g/mol. The van der Waals surface area contributed by atoms with E-state index in [-0.39, 0.29) is 11.6 Å². The molecular weight excluding hydrogens is 461 g/mol. The summed E-state index contributed by atoms with van der Waals surface area (Å²) in [5, 5.41) is 3.88. The van der Waals surface area contributed by atoms with Gasteiger partial charge < -0.3 is 4.57 Å². The average molecular weight is 486 g/mol. The minimum absolute atomic E-state index is 0.0243. The molecule has 3 aromatic carbocycles. The second kappa shape index (κ2) is 8.01. The number of nitrogens with zero attached hydrogens (tertiary/aromatic N) is 3. The number of hydrogen-bond acceptors (Lipinski definition) is 3. The molecule has 0 saturated heterocycles.